The molecule has 0 aromatic heterocycles. The first-order valence-electron chi connectivity index (χ1n) is 12.1. The molecule has 0 aliphatic rings. The van der Waals surface area contributed by atoms with Crippen molar-refractivity contribution in [3.05, 3.63) is 115 Å². The highest BCUT2D eigenvalue weighted by Crippen LogP contribution is 2.24. The molecule has 1 unspecified atom stereocenters. The second kappa shape index (κ2) is 12.9. The Balaban J connectivity index is 1.34. The molecule has 188 valence electrons. The lowest BCUT2D eigenvalue weighted by Gasteiger charge is -2.17. The van der Waals surface area contributed by atoms with Gasteiger partial charge in [0.1, 0.15) is 36.0 Å². The molecular formula is C31H28O6. The van der Waals surface area contributed by atoms with Crippen molar-refractivity contribution in [3.63, 3.8) is 0 Å². The van der Waals surface area contributed by atoms with Crippen LogP contribution in [-0.4, -0.2) is 31.3 Å². The van der Waals surface area contributed by atoms with E-state index in [0.29, 0.717) is 17.9 Å². The maximum atomic E-state index is 12.9. The van der Waals surface area contributed by atoms with Gasteiger partial charge in [-0.3, -0.25) is 0 Å². The zero-order valence-corrected chi connectivity index (χ0v) is 20.5. The van der Waals surface area contributed by atoms with E-state index in [2.05, 4.69) is 0 Å². The lowest BCUT2D eigenvalue weighted by atomic mass is 10.1. The Kier molecular flexibility index (Phi) is 8.92. The average molecular weight is 497 g/mol. The van der Waals surface area contributed by atoms with Gasteiger partial charge in [0.25, 0.3) is 0 Å². The van der Waals surface area contributed by atoms with Crippen LogP contribution in [0, 0.1) is 0 Å². The van der Waals surface area contributed by atoms with Crippen molar-refractivity contribution in [2.24, 2.45) is 0 Å². The van der Waals surface area contributed by atoms with Gasteiger partial charge in [0.15, 0.2) is 6.10 Å². The van der Waals surface area contributed by atoms with Crippen LogP contribution in [0.25, 0.3) is 11.1 Å². The number of benzene rings is 4. The van der Waals surface area contributed by atoms with Crippen molar-refractivity contribution in [2.45, 2.75) is 19.4 Å². The standard InChI is InChI=1S/C31H28O6/c1-2-28(36-26-19-17-24(18-20-26)23-11-5-3-6-12-23)31(33)37-29-16-10-9-15-27(29)30(32)35-22-21-34-25-13-7-4-8-14-25/h3-20,28H,2,21-22H2,1H3. The summed E-state index contributed by atoms with van der Waals surface area (Å²) >= 11 is 0. The van der Waals surface area contributed by atoms with E-state index in [9.17, 15) is 9.59 Å². The summed E-state index contributed by atoms with van der Waals surface area (Å²) in [6.07, 6.45) is -0.450. The molecule has 6 nitrogen and oxygen atoms in total. The molecule has 0 heterocycles. The van der Waals surface area contributed by atoms with Gasteiger partial charge in [-0.15, -0.1) is 0 Å². The van der Waals surface area contributed by atoms with Gasteiger partial charge in [0.05, 0.1) is 0 Å². The molecule has 0 amide bonds. The summed E-state index contributed by atoms with van der Waals surface area (Å²) in [5, 5.41) is 0. The molecule has 0 aliphatic heterocycles. The lowest BCUT2D eigenvalue weighted by Crippen LogP contribution is -2.31. The van der Waals surface area contributed by atoms with E-state index in [1.165, 1.54) is 0 Å². The maximum Gasteiger partial charge on any atom is 0.352 e. The van der Waals surface area contributed by atoms with Crippen LogP contribution in [-0.2, 0) is 9.53 Å². The molecule has 1 atom stereocenters. The van der Waals surface area contributed by atoms with Crippen molar-refractivity contribution in [1.29, 1.82) is 0 Å². The fraction of sp³-hybridized carbons (Fsp3) is 0.161. The van der Waals surface area contributed by atoms with Crippen molar-refractivity contribution < 1.29 is 28.5 Å². The number of para-hydroxylation sites is 2. The van der Waals surface area contributed by atoms with Gasteiger partial charge < -0.3 is 18.9 Å². The van der Waals surface area contributed by atoms with Crippen LogP contribution in [0.1, 0.15) is 23.7 Å². The largest absolute Gasteiger partial charge is 0.490 e. The third kappa shape index (κ3) is 7.21. The number of ether oxygens (including phenoxy) is 4. The van der Waals surface area contributed by atoms with Gasteiger partial charge in [0, 0.05) is 0 Å². The zero-order valence-electron chi connectivity index (χ0n) is 20.5. The van der Waals surface area contributed by atoms with Crippen LogP contribution in [0.3, 0.4) is 0 Å². The molecular weight excluding hydrogens is 468 g/mol. The molecule has 4 rings (SSSR count). The Morgan fingerprint density at radius 2 is 1.30 bits per heavy atom. The summed E-state index contributed by atoms with van der Waals surface area (Å²) in [5.41, 5.74) is 2.29. The first-order chi connectivity index (χ1) is 18.1. The van der Waals surface area contributed by atoms with Crippen LogP contribution in [0.15, 0.2) is 109 Å². The summed E-state index contributed by atoms with van der Waals surface area (Å²) in [4.78, 5) is 25.5. The molecule has 0 spiro atoms. The highest BCUT2D eigenvalue weighted by Gasteiger charge is 2.24. The number of carbonyl (C=O) groups excluding carboxylic acids is 2. The molecule has 0 saturated heterocycles. The Labute approximate surface area is 216 Å². The summed E-state index contributed by atoms with van der Waals surface area (Å²) in [6.45, 7) is 2.08. The minimum absolute atomic E-state index is 0.0513. The Morgan fingerprint density at radius 1 is 0.676 bits per heavy atom. The van der Waals surface area contributed by atoms with Gasteiger partial charge in [-0.05, 0) is 53.9 Å². The van der Waals surface area contributed by atoms with Crippen LogP contribution in [0.2, 0.25) is 0 Å². The van der Waals surface area contributed by atoms with Crippen molar-refractivity contribution >= 4 is 11.9 Å². The molecule has 0 radical (unpaired) electrons. The van der Waals surface area contributed by atoms with Gasteiger partial charge in [-0.1, -0.05) is 79.7 Å². The monoisotopic (exact) mass is 496 g/mol. The van der Waals surface area contributed by atoms with E-state index in [4.69, 9.17) is 18.9 Å². The van der Waals surface area contributed by atoms with Gasteiger partial charge in [-0.25, -0.2) is 9.59 Å². The second-order valence-electron chi connectivity index (χ2n) is 8.12. The normalized spacial score (nSPS) is 11.3. The Hall–Kier alpha value is -4.58. The molecule has 4 aromatic rings. The second-order valence-corrected chi connectivity index (χ2v) is 8.12. The van der Waals surface area contributed by atoms with Crippen LogP contribution in [0.5, 0.6) is 17.2 Å². The first-order valence-corrected chi connectivity index (χ1v) is 12.1. The number of carbonyl (C=O) groups is 2. The predicted molar refractivity (Wildman–Crippen MR) is 141 cm³/mol. The average Bonchev–Trinajstić information content (AvgIpc) is 2.95. The number of esters is 2. The zero-order chi connectivity index (χ0) is 25.9. The van der Waals surface area contributed by atoms with Gasteiger partial charge >= 0.3 is 11.9 Å². The van der Waals surface area contributed by atoms with E-state index in [1.807, 2.05) is 91.9 Å². The highest BCUT2D eigenvalue weighted by atomic mass is 16.6. The van der Waals surface area contributed by atoms with Gasteiger partial charge in [0.2, 0.25) is 0 Å². The van der Waals surface area contributed by atoms with Crippen LogP contribution < -0.4 is 14.2 Å². The topological polar surface area (TPSA) is 71.1 Å². The van der Waals surface area contributed by atoms with E-state index in [0.717, 1.165) is 11.1 Å². The molecule has 6 heteroatoms. The number of rotatable bonds is 11. The Bertz CT molecular complexity index is 1290. The summed E-state index contributed by atoms with van der Waals surface area (Å²) in [5.74, 6) is 0.151. The minimum Gasteiger partial charge on any atom is -0.490 e. The third-order valence-corrected chi connectivity index (χ3v) is 5.52. The molecule has 0 aliphatic carbocycles. The van der Waals surface area contributed by atoms with Crippen molar-refractivity contribution in [1.82, 2.24) is 0 Å². The maximum absolute atomic E-state index is 12.9. The van der Waals surface area contributed by atoms with Gasteiger partial charge in [-0.2, -0.15) is 0 Å². The highest BCUT2D eigenvalue weighted by molar-refractivity contribution is 5.93. The summed E-state index contributed by atoms with van der Waals surface area (Å²) in [7, 11) is 0. The van der Waals surface area contributed by atoms with E-state index in [1.54, 1.807) is 24.3 Å². The molecule has 37 heavy (non-hydrogen) atoms. The third-order valence-electron chi connectivity index (χ3n) is 5.52. The molecule has 0 bridgehead atoms. The van der Waals surface area contributed by atoms with Crippen LogP contribution >= 0.6 is 0 Å². The van der Waals surface area contributed by atoms with Crippen molar-refractivity contribution in [3.8, 4) is 28.4 Å². The lowest BCUT2D eigenvalue weighted by molar-refractivity contribution is -0.142. The summed E-state index contributed by atoms with van der Waals surface area (Å²) < 4.78 is 22.3. The fourth-order valence-corrected chi connectivity index (χ4v) is 3.61. The molecule has 0 N–H and O–H groups in total. The number of hydrogen-bond acceptors (Lipinski definition) is 6. The number of hydrogen-bond donors (Lipinski definition) is 0. The van der Waals surface area contributed by atoms with Crippen molar-refractivity contribution in [2.75, 3.05) is 13.2 Å². The fourth-order valence-electron chi connectivity index (χ4n) is 3.61. The van der Waals surface area contributed by atoms with Crippen LogP contribution in [0.4, 0.5) is 0 Å². The summed E-state index contributed by atoms with van der Waals surface area (Å²) in [6, 6.07) is 33.2. The minimum atomic E-state index is -0.842. The SMILES string of the molecule is CCC(Oc1ccc(-c2ccccc2)cc1)C(=O)Oc1ccccc1C(=O)OCCOc1ccccc1. The first kappa shape index (κ1) is 25.5. The molecule has 4 aromatic carbocycles. The molecule has 0 fully saturated rings. The quantitative estimate of drug-likeness (QED) is 0.137. The Morgan fingerprint density at radius 3 is 2.00 bits per heavy atom. The van der Waals surface area contributed by atoms with E-state index in [-0.39, 0.29) is 24.5 Å². The van der Waals surface area contributed by atoms with E-state index < -0.39 is 18.0 Å². The predicted octanol–water partition coefficient (Wildman–Crippen LogP) is 6.35. The smallest absolute Gasteiger partial charge is 0.352 e. The van der Waals surface area contributed by atoms with E-state index >= 15 is 0 Å². The molecule has 0 saturated carbocycles.